The van der Waals surface area contributed by atoms with Crippen molar-refractivity contribution < 1.29 is 13.4 Å². The molecule has 1 fully saturated rings. The molecule has 2 aromatic carbocycles. The minimum Gasteiger partial charge on any atom is -0.388 e. The number of carbonyl (C=O) groups is 1. The van der Waals surface area contributed by atoms with Crippen LogP contribution in [0.4, 0.5) is 21.5 Å². The highest BCUT2D eigenvalue weighted by Gasteiger charge is 2.20. The van der Waals surface area contributed by atoms with Crippen LogP contribution in [0.15, 0.2) is 36.4 Å². The first-order valence-electron chi connectivity index (χ1n) is 9.05. The Bertz CT molecular complexity index is 872. The molecule has 1 atom stereocenters. The number of nitrogens with one attached hydrogen (secondary N) is 2. The van der Waals surface area contributed by atoms with Gasteiger partial charge in [0.05, 0.1) is 11.3 Å². The average molecular weight is 389 g/mol. The molecule has 1 saturated heterocycles. The molecule has 0 spiro atoms. The van der Waals surface area contributed by atoms with Crippen LogP contribution >= 0.6 is 0 Å². The second-order valence-electron chi connectivity index (χ2n) is 6.59. The highest BCUT2D eigenvalue weighted by atomic mass is 32.2. The van der Waals surface area contributed by atoms with Gasteiger partial charge in [-0.1, -0.05) is 12.5 Å². The summed E-state index contributed by atoms with van der Waals surface area (Å²) in [4.78, 5) is 12.5. The normalized spacial score (nSPS) is 17.3. The largest absolute Gasteiger partial charge is 0.388 e. The summed E-state index contributed by atoms with van der Waals surface area (Å²) in [6.45, 7) is 2.59. The fourth-order valence-corrected chi connectivity index (χ4v) is 4.48. The SMILES string of the molecule is CNc1cc(NC(=O)c2ccc(N3CCCCCS3=O)cc2F)ccc1C. The van der Waals surface area contributed by atoms with E-state index in [2.05, 4.69) is 10.6 Å². The van der Waals surface area contributed by atoms with E-state index in [-0.39, 0.29) is 5.56 Å². The molecule has 5 nitrogen and oxygen atoms in total. The van der Waals surface area contributed by atoms with E-state index in [1.807, 2.05) is 13.0 Å². The fraction of sp³-hybridized carbons (Fsp3) is 0.350. The lowest BCUT2D eigenvalue weighted by Crippen LogP contribution is -2.27. The van der Waals surface area contributed by atoms with E-state index in [0.717, 1.165) is 30.5 Å². The van der Waals surface area contributed by atoms with Crippen LogP contribution in [-0.4, -0.2) is 29.5 Å². The van der Waals surface area contributed by atoms with Gasteiger partial charge in [0.2, 0.25) is 0 Å². The number of anilines is 3. The first kappa shape index (κ1) is 19.4. The van der Waals surface area contributed by atoms with Gasteiger partial charge >= 0.3 is 0 Å². The van der Waals surface area contributed by atoms with Crippen molar-refractivity contribution in [3.63, 3.8) is 0 Å². The predicted octanol–water partition coefficient (Wildman–Crippen LogP) is 4.08. The molecule has 0 radical (unpaired) electrons. The number of halogens is 1. The number of hydrogen-bond donors (Lipinski definition) is 2. The van der Waals surface area contributed by atoms with Crippen LogP contribution in [0.1, 0.15) is 35.2 Å². The topological polar surface area (TPSA) is 61.4 Å². The van der Waals surface area contributed by atoms with Crippen LogP contribution in [0.2, 0.25) is 0 Å². The van der Waals surface area contributed by atoms with E-state index < -0.39 is 22.7 Å². The molecule has 2 N–H and O–H groups in total. The molecule has 0 aromatic heterocycles. The molecule has 1 unspecified atom stereocenters. The number of amides is 1. The summed E-state index contributed by atoms with van der Waals surface area (Å²) < 4.78 is 28.6. The number of rotatable bonds is 4. The highest BCUT2D eigenvalue weighted by Crippen LogP contribution is 2.25. The minimum atomic E-state index is -1.15. The predicted molar refractivity (Wildman–Crippen MR) is 109 cm³/mol. The minimum absolute atomic E-state index is 0.0362. The Balaban J connectivity index is 1.79. The molecule has 144 valence electrons. The van der Waals surface area contributed by atoms with Gasteiger partial charge < -0.3 is 10.6 Å². The number of carbonyl (C=O) groups excluding carboxylic acids is 1. The zero-order valence-corrected chi connectivity index (χ0v) is 16.4. The lowest BCUT2D eigenvalue weighted by molar-refractivity contribution is 0.102. The van der Waals surface area contributed by atoms with E-state index in [9.17, 15) is 13.4 Å². The second-order valence-corrected chi connectivity index (χ2v) is 8.08. The Morgan fingerprint density at radius 2 is 1.96 bits per heavy atom. The molecule has 7 heteroatoms. The Morgan fingerprint density at radius 1 is 1.15 bits per heavy atom. The van der Waals surface area contributed by atoms with Crippen molar-refractivity contribution in [1.82, 2.24) is 0 Å². The van der Waals surface area contributed by atoms with E-state index in [0.29, 0.717) is 23.7 Å². The number of benzene rings is 2. The van der Waals surface area contributed by atoms with Crippen LogP contribution < -0.4 is 14.9 Å². The van der Waals surface area contributed by atoms with Gasteiger partial charge in [0, 0.05) is 30.7 Å². The molecule has 0 saturated carbocycles. The summed E-state index contributed by atoms with van der Waals surface area (Å²) in [5, 5.41) is 5.78. The van der Waals surface area contributed by atoms with Gasteiger partial charge in [0.1, 0.15) is 16.8 Å². The Kier molecular flexibility index (Phi) is 6.11. The van der Waals surface area contributed by atoms with Crippen LogP contribution in [0.3, 0.4) is 0 Å². The van der Waals surface area contributed by atoms with Crippen molar-refractivity contribution in [3.05, 3.63) is 53.3 Å². The summed E-state index contributed by atoms with van der Waals surface area (Å²) in [6.07, 6.45) is 2.87. The van der Waals surface area contributed by atoms with Crippen molar-refractivity contribution in [2.24, 2.45) is 0 Å². The first-order valence-corrected chi connectivity index (χ1v) is 10.3. The van der Waals surface area contributed by atoms with Gasteiger partial charge in [-0.2, -0.15) is 0 Å². The summed E-state index contributed by atoms with van der Waals surface area (Å²) in [5.41, 5.74) is 3.05. The highest BCUT2D eigenvalue weighted by molar-refractivity contribution is 7.86. The van der Waals surface area contributed by atoms with E-state index in [1.54, 1.807) is 29.6 Å². The maximum Gasteiger partial charge on any atom is 0.258 e. The second kappa shape index (κ2) is 8.52. The molecule has 1 aliphatic rings. The Labute approximate surface area is 161 Å². The monoisotopic (exact) mass is 389 g/mol. The third kappa shape index (κ3) is 4.47. The standard InChI is InChI=1S/C20H24FN3O2S/c1-14-6-7-15(12-19(14)22-2)23-20(25)17-9-8-16(13-18(17)21)24-10-4-3-5-11-27(24)26/h6-9,12-13,22H,3-5,10-11H2,1-2H3,(H,23,25). The molecule has 2 aromatic rings. The Morgan fingerprint density at radius 3 is 2.70 bits per heavy atom. The van der Waals surface area contributed by atoms with Gasteiger partial charge in [-0.15, -0.1) is 0 Å². The fourth-order valence-electron chi connectivity index (χ4n) is 3.13. The summed E-state index contributed by atoms with van der Waals surface area (Å²) in [7, 11) is 0.654. The van der Waals surface area contributed by atoms with Crippen LogP contribution in [0.25, 0.3) is 0 Å². The van der Waals surface area contributed by atoms with E-state index in [4.69, 9.17) is 0 Å². The molecule has 1 aliphatic heterocycles. The molecular formula is C20H24FN3O2S. The summed E-state index contributed by atoms with van der Waals surface area (Å²) >= 11 is 0. The Hall–Kier alpha value is -2.41. The maximum absolute atomic E-state index is 14.6. The van der Waals surface area contributed by atoms with Gasteiger partial charge in [0.25, 0.3) is 5.91 Å². The van der Waals surface area contributed by atoms with Crippen molar-refractivity contribution in [1.29, 1.82) is 0 Å². The molecule has 1 amide bonds. The van der Waals surface area contributed by atoms with Gasteiger partial charge in [0.15, 0.2) is 0 Å². The molecule has 0 aliphatic carbocycles. The van der Waals surface area contributed by atoms with Gasteiger partial charge in [-0.25, -0.2) is 8.60 Å². The third-order valence-corrected chi connectivity index (χ3v) is 6.20. The lowest BCUT2D eigenvalue weighted by Gasteiger charge is -2.21. The quantitative estimate of drug-likeness (QED) is 0.828. The number of aryl methyl sites for hydroxylation is 1. The zero-order valence-electron chi connectivity index (χ0n) is 15.5. The van der Waals surface area contributed by atoms with Crippen molar-refractivity contribution >= 4 is 34.0 Å². The summed E-state index contributed by atoms with van der Waals surface area (Å²) in [5.74, 6) is -0.542. The number of hydrogen-bond acceptors (Lipinski definition) is 3. The third-order valence-electron chi connectivity index (χ3n) is 4.68. The zero-order chi connectivity index (χ0) is 19.4. The van der Waals surface area contributed by atoms with Crippen molar-refractivity contribution in [2.75, 3.05) is 34.3 Å². The lowest BCUT2D eigenvalue weighted by atomic mass is 10.1. The first-order chi connectivity index (χ1) is 13.0. The smallest absolute Gasteiger partial charge is 0.258 e. The van der Waals surface area contributed by atoms with Crippen molar-refractivity contribution in [2.45, 2.75) is 26.2 Å². The molecule has 1 heterocycles. The van der Waals surface area contributed by atoms with Crippen molar-refractivity contribution in [3.8, 4) is 0 Å². The summed E-state index contributed by atoms with van der Waals surface area (Å²) in [6, 6.07) is 9.88. The number of nitrogens with zero attached hydrogens (tertiary/aromatic N) is 1. The average Bonchev–Trinajstić information content (AvgIpc) is 2.87. The molecule has 0 bridgehead atoms. The van der Waals surface area contributed by atoms with E-state index >= 15 is 0 Å². The van der Waals surface area contributed by atoms with Crippen LogP contribution in [0, 0.1) is 12.7 Å². The molecule has 27 heavy (non-hydrogen) atoms. The van der Waals surface area contributed by atoms with Crippen LogP contribution in [-0.2, 0) is 11.0 Å². The maximum atomic E-state index is 14.6. The van der Waals surface area contributed by atoms with Gasteiger partial charge in [-0.05, 0) is 55.7 Å². The van der Waals surface area contributed by atoms with Gasteiger partial charge in [-0.3, -0.25) is 9.10 Å². The molecular weight excluding hydrogens is 365 g/mol. The van der Waals surface area contributed by atoms with E-state index in [1.165, 1.54) is 12.1 Å². The van der Waals surface area contributed by atoms with Crippen LogP contribution in [0.5, 0.6) is 0 Å². The molecule has 3 rings (SSSR count).